The van der Waals surface area contributed by atoms with Crippen LogP contribution in [0.1, 0.15) is 5.56 Å². The molecular formula is C18H22N4O3S. The Hall–Kier alpha value is -3.00. The monoisotopic (exact) mass is 374 g/mol. The van der Waals surface area contributed by atoms with Crippen molar-refractivity contribution >= 4 is 28.9 Å². The summed E-state index contributed by atoms with van der Waals surface area (Å²) in [4.78, 5) is 11.9. The van der Waals surface area contributed by atoms with Crippen LogP contribution < -0.4 is 31.0 Å². The molecule has 2 aromatic carbocycles. The third-order valence-electron chi connectivity index (χ3n) is 3.47. The number of hydrogen-bond acceptors (Lipinski definition) is 5. The molecule has 2 rings (SSSR count). The highest BCUT2D eigenvalue weighted by Gasteiger charge is 2.05. The zero-order valence-corrected chi connectivity index (χ0v) is 15.5. The van der Waals surface area contributed by atoms with Gasteiger partial charge in [0.2, 0.25) is 0 Å². The standard InChI is InChI=1S/C18H22N4O3S/c1-24-14-9-7-13(8-10-14)11-20-18(26)22-21-17(23)12-19-15-5-3-4-6-16(15)25-2/h3-10,19H,11-12H2,1-2H3,(H,21,23)(H2,20,22,26). The van der Waals surface area contributed by atoms with Gasteiger partial charge in [0.25, 0.3) is 5.91 Å². The zero-order valence-electron chi connectivity index (χ0n) is 14.7. The number of ether oxygens (including phenoxy) is 2. The van der Waals surface area contributed by atoms with Crippen molar-refractivity contribution in [3.05, 3.63) is 54.1 Å². The third-order valence-corrected chi connectivity index (χ3v) is 3.72. The zero-order chi connectivity index (χ0) is 18.8. The minimum Gasteiger partial charge on any atom is -0.497 e. The predicted octanol–water partition coefficient (Wildman–Crippen LogP) is 1.81. The summed E-state index contributed by atoms with van der Waals surface area (Å²) in [7, 11) is 3.20. The number of hydrazine groups is 1. The Morgan fingerprint density at radius 1 is 1.00 bits per heavy atom. The summed E-state index contributed by atoms with van der Waals surface area (Å²) in [6.07, 6.45) is 0. The van der Waals surface area contributed by atoms with Crippen LogP contribution >= 0.6 is 12.2 Å². The van der Waals surface area contributed by atoms with Gasteiger partial charge in [-0.15, -0.1) is 0 Å². The molecule has 0 saturated heterocycles. The molecular weight excluding hydrogens is 352 g/mol. The van der Waals surface area contributed by atoms with Crippen LogP contribution in [0.3, 0.4) is 0 Å². The average molecular weight is 374 g/mol. The van der Waals surface area contributed by atoms with Gasteiger partial charge in [-0.2, -0.15) is 0 Å². The summed E-state index contributed by atoms with van der Waals surface area (Å²) in [5.41, 5.74) is 6.98. The van der Waals surface area contributed by atoms with Gasteiger partial charge in [0.15, 0.2) is 5.11 Å². The Kier molecular flexibility index (Phi) is 7.50. The van der Waals surface area contributed by atoms with Gasteiger partial charge >= 0.3 is 0 Å². The van der Waals surface area contributed by atoms with Gasteiger partial charge in [0.1, 0.15) is 11.5 Å². The van der Waals surface area contributed by atoms with Crippen molar-refractivity contribution in [2.45, 2.75) is 6.54 Å². The molecule has 0 heterocycles. The first-order chi connectivity index (χ1) is 12.6. The molecule has 0 atom stereocenters. The molecule has 138 valence electrons. The first-order valence-corrected chi connectivity index (χ1v) is 8.35. The number of amides is 1. The fraction of sp³-hybridized carbons (Fsp3) is 0.222. The molecule has 0 aromatic heterocycles. The smallest absolute Gasteiger partial charge is 0.257 e. The van der Waals surface area contributed by atoms with Crippen molar-refractivity contribution in [3.8, 4) is 11.5 Å². The maximum atomic E-state index is 11.9. The number of nitrogens with one attached hydrogen (secondary N) is 4. The van der Waals surface area contributed by atoms with Crippen molar-refractivity contribution in [2.75, 3.05) is 26.1 Å². The summed E-state index contributed by atoms with van der Waals surface area (Å²) < 4.78 is 10.3. The molecule has 0 spiro atoms. The van der Waals surface area contributed by atoms with Gasteiger partial charge in [-0.1, -0.05) is 24.3 Å². The molecule has 0 aliphatic carbocycles. The number of thiocarbonyl (C=S) groups is 1. The maximum absolute atomic E-state index is 11.9. The minimum atomic E-state index is -0.260. The number of hydrogen-bond donors (Lipinski definition) is 4. The third kappa shape index (κ3) is 6.14. The Bertz CT molecular complexity index is 737. The van der Waals surface area contributed by atoms with E-state index in [1.807, 2.05) is 48.5 Å². The van der Waals surface area contributed by atoms with Crippen LogP contribution in [-0.2, 0) is 11.3 Å². The van der Waals surface area contributed by atoms with Crippen molar-refractivity contribution < 1.29 is 14.3 Å². The molecule has 0 saturated carbocycles. The molecule has 26 heavy (non-hydrogen) atoms. The number of methoxy groups -OCH3 is 2. The molecule has 7 nitrogen and oxygen atoms in total. The molecule has 1 amide bonds. The first kappa shape index (κ1) is 19.3. The lowest BCUT2D eigenvalue weighted by molar-refractivity contribution is -0.119. The molecule has 0 radical (unpaired) electrons. The van der Waals surface area contributed by atoms with Crippen LogP contribution in [0, 0.1) is 0 Å². The van der Waals surface area contributed by atoms with Crippen LogP contribution in [0.4, 0.5) is 5.69 Å². The largest absolute Gasteiger partial charge is 0.497 e. The molecule has 4 N–H and O–H groups in total. The van der Waals surface area contributed by atoms with E-state index < -0.39 is 0 Å². The lowest BCUT2D eigenvalue weighted by atomic mass is 10.2. The van der Waals surface area contributed by atoms with E-state index in [4.69, 9.17) is 21.7 Å². The Balaban J connectivity index is 1.68. The molecule has 2 aromatic rings. The van der Waals surface area contributed by atoms with E-state index in [1.54, 1.807) is 14.2 Å². The topological polar surface area (TPSA) is 83.7 Å². The van der Waals surface area contributed by atoms with Gasteiger partial charge in [0.05, 0.1) is 26.5 Å². The van der Waals surface area contributed by atoms with E-state index in [0.29, 0.717) is 17.4 Å². The summed E-state index contributed by atoms with van der Waals surface area (Å²) in [5, 5.41) is 6.34. The quantitative estimate of drug-likeness (QED) is 0.435. The number of benzene rings is 2. The summed E-state index contributed by atoms with van der Waals surface area (Å²) in [6.45, 7) is 0.611. The van der Waals surface area contributed by atoms with Crippen LogP contribution in [0.2, 0.25) is 0 Å². The van der Waals surface area contributed by atoms with E-state index in [9.17, 15) is 4.79 Å². The summed E-state index contributed by atoms with van der Waals surface area (Å²) in [6, 6.07) is 15.0. The van der Waals surface area contributed by atoms with E-state index in [2.05, 4.69) is 21.5 Å². The Morgan fingerprint density at radius 2 is 1.73 bits per heavy atom. The fourth-order valence-electron chi connectivity index (χ4n) is 2.11. The molecule has 0 aliphatic heterocycles. The van der Waals surface area contributed by atoms with Gasteiger partial charge < -0.3 is 20.1 Å². The molecule has 0 fully saturated rings. The lowest BCUT2D eigenvalue weighted by Gasteiger charge is -2.13. The van der Waals surface area contributed by atoms with Crippen molar-refractivity contribution in [1.82, 2.24) is 16.2 Å². The molecule has 0 bridgehead atoms. The number of anilines is 1. The SMILES string of the molecule is COc1ccc(CNC(=S)NNC(=O)CNc2ccccc2OC)cc1. The Morgan fingerprint density at radius 3 is 2.42 bits per heavy atom. The fourth-order valence-corrected chi connectivity index (χ4v) is 2.23. The number of carbonyl (C=O) groups is 1. The normalized spacial score (nSPS) is 9.77. The Labute approximate surface area is 158 Å². The van der Waals surface area contributed by atoms with Gasteiger partial charge in [-0.3, -0.25) is 15.6 Å². The highest BCUT2D eigenvalue weighted by molar-refractivity contribution is 7.80. The van der Waals surface area contributed by atoms with E-state index >= 15 is 0 Å². The van der Waals surface area contributed by atoms with Crippen molar-refractivity contribution in [3.63, 3.8) is 0 Å². The maximum Gasteiger partial charge on any atom is 0.257 e. The van der Waals surface area contributed by atoms with Gasteiger partial charge in [0, 0.05) is 6.54 Å². The van der Waals surface area contributed by atoms with Crippen LogP contribution in [0.15, 0.2) is 48.5 Å². The second-order valence-corrected chi connectivity index (χ2v) is 5.67. The number of para-hydroxylation sites is 2. The average Bonchev–Trinajstić information content (AvgIpc) is 2.69. The lowest BCUT2D eigenvalue weighted by Crippen LogP contribution is -2.48. The number of carbonyl (C=O) groups excluding carboxylic acids is 1. The predicted molar refractivity (Wildman–Crippen MR) is 105 cm³/mol. The van der Waals surface area contributed by atoms with E-state index in [1.165, 1.54) is 0 Å². The summed E-state index contributed by atoms with van der Waals surface area (Å²) >= 11 is 5.14. The van der Waals surface area contributed by atoms with Gasteiger partial charge in [-0.05, 0) is 42.0 Å². The highest BCUT2D eigenvalue weighted by atomic mass is 32.1. The molecule has 0 aliphatic rings. The van der Waals surface area contributed by atoms with E-state index in [0.717, 1.165) is 17.0 Å². The van der Waals surface area contributed by atoms with Gasteiger partial charge in [-0.25, -0.2) is 0 Å². The second-order valence-electron chi connectivity index (χ2n) is 5.26. The highest BCUT2D eigenvalue weighted by Crippen LogP contribution is 2.22. The second kappa shape index (κ2) is 10.1. The van der Waals surface area contributed by atoms with E-state index in [-0.39, 0.29) is 12.5 Å². The van der Waals surface area contributed by atoms with Crippen LogP contribution in [-0.4, -0.2) is 31.8 Å². The molecule has 8 heteroatoms. The number of rotatable bonds is 7. The molecule has 0 unspecified atom stereocenters. The first-order valence-electron chi connectivity index (χ1n) is 7.95. The minimum absolute atomic E-state index is 0.0778. The van der Waals surface area contributed by atoms with Crippen molar-refractivity contribution in [2.24, 2.45) is 0 Å². The van der Waals surface area contributed by atoms with Crippen LogP contribution in [0.25, 0.3) is 0 Å². The van der Waals surface area contributed by atoms with Crippen molar-refractivity contribution in [1.29, 1.82) is 0 Å². The summed E-state index contributed by atoms with van der Waals surface area (Å²) in [5.74, 6) is 1.21. The van der Waals surface area contributed by atoms with Crippen LogP contribution in [0.5, 0.6) is 11.5 Å².